The van der Waals surface area contributed by atoms with Crippen molar-refractivity contribution in [2.45, 2.75) is 38.8 Å². The zero-order valence-corrected chi connectivity index (χ0v) is 15.0. The summed E-state index contributed by atoms with van der Waals surface area (Å²) in [4.78, 5) is 12.1. The van der Waals surface area contributed by atoms with Gasteiger partial charge in [-0.25, -0.2) is 0 Å². The molecule has 2 N–H and O–H groups in total. The summed E-state index contributed by atoms with van der Waals surface area (Å²) < 4.78 is 0. The molecule has 2 atom stereocenters. The normalized spacial score (nSPS) is 13.3. The number of nitrogens with one attached hydrogen (secondary N) is 2. The molecule has 0 unspecified atom stereocenters. The smallest absolute Gasteiger partial charge is 0.234 e. The van der Waals surface area contributed by atoms with Gasteiger partial charge in [-0.05, 0) is 49.9 Å². The summed E-state index contributed by atoms with van der Waals surface area (Å²) in [6.45, 7) is 4.39. The highest BCUT2D eigenvalue weighted by Gasteiger charge is 2.10. The minimum absolute atomic E-state index is 0.0244. The van der Waals surface area contributed by atoms with E-state index < -0.39 is 0 Å². The van der Waals surface area contributed by atoms with Gasteiger partial charge < -0.3 is 10.6 Å². The lowest BCUT2D eigenvalue weighted by molar-refractivity contribution is -0.121. The Labute approximate surface area is 149 Å². The van der Waals surface area contributed by atoms with Gasteiger partial charge in [0.1, 0.15) is 0 Å². The molecular weight excluding hydrogens is 320 g/mol. The minimum atomic E-state index is 0.0244. The van der Waals surface area contributed by atoms with E-state index in [1.54, 1.807) is 0 Å². The molecule has 0 fully saturated rings. The van der Waals surface area contributed by atoms with E-state index in [2.05, 4.69) is 22.8 Å². The molecule has 0 bridgehead atoms. The number of carbonyl (C=O) groups is 1. The van der Waals surface area contributed by atoms with Crippen molar-refractivity contribution in [3.05, 3.63) is 70.7 Å². The second-order valence-corrected chi connectivity index (χ2v) is 6.58. The number of hydrogen-bond acceptors (Lipinski definition) is 2. The van der Waals surface area contributed by atoms with Gasteiger partial charge in [-0.2, -0.15) is 0 Å². The van der Waals surface area contributed by atoms with Gasteiger partial charge in [0.25, 0.3) is 0 Å². The highest BCUT2D eigenvalue weighted by molar-refractivity contribution is 6.30. The lowest BCUT2D eigenvalue weighted by atomic mass is 10.1. The largest absolute Gasteiger partial charge is 0.353 e. The van der Waals surface area contributed by atoms with E-state index in [9.17, 15) is 4.79 Å². The van der Waals surface area contributed by atoms with Crippen LogP contribution in [0.25, 0.3) is 0 Å². The van der Waals surface area contributed by atoms with Gasteiger partial charge in [0.15, 0.2) is 0 Å². The first kappa shape index (κ1) is 18.5. The second kappa shape index (κ2) is 9.45. The van der Waals surface area contributed by atoms with Crippen LogP contribution in [0.2, 0.25) is 5.02 Å². The third-order valence-corrected chi connectivity index (χ3v) is 4.31. The lowest BCUT2D eigenvalue weighted by Crippen LogP contribution is -2.39. The Balaban J connectivity index is 1.69. The number of rotatable bonds is 8. The van der Waals surface area contributed by atoms with Crippen molar-refractivity contribution < 1.29 is 4.79 Å². The fourth-order valence-corrected chi connectivity index (χ4v) is 2.67. The highest BCUT2D eigenvalue weighted by Crippen LogP contribution is 2.15. The van der Waals surface area contributed by atoms with Crippen molar-refractivity contribution in [2.24, 2.45) is 0 Å². The van der Waals surface area contributed by atoms with Gasteiger partial charge in [0.2, 0.25) is 5.91 Å². The molecule has 3 nitrogen and oxygen atoms in total. The maximum Gasteiger partial charge on any atom is 0.234 e. The predicted molar refractivity (Wildman–Crippen MR) is 100 cm³/mol. The highest BCUT2D eigenvalue weighted by atomic mass is 35.5. The molecule has 0 radical (unpaired) electrons. The van der Waals surface area contributed by atoms with Crippen molar-refractivity contribution in [2.75, 3.05) is 6.54 Å². The van der Waals surface area contributed by atoms with Gasteiger partial charge in [-0.1, -0.05) is 54.1 Å². The first-order valence-electron chi connectivity index (χ1n) is 8.36. The molecule has 0 spiro atoms. The summed E-state index contributed by atoms with van der Waals surface area (Å²) in [6, 6.07) is 18.3. The summed E-state index contributed by atoms with van der Waals surface area (Å²) in [6.07, 6.45) is 1.90. The molecule has 0 aromatic heterocycles. The van der Waals surface area contributed by atoms with E-state index in [1.807, 2.05) is 56.3 Å². The number of hydrogen-bond donors (Lipinski definition) is 2. The quantitative estimate of drug-likeness (QED) is 0.756. The molecule has 1 amide bonds. The van der Waals surface area contributed by atoms with E-state index in [4.69, 9.17) is 11.6 Å². The number of halogens is 1. The SMILES string of the molecule is C[C@H](CCc1ccccc1)NC(=O)CN[C@H](C)c1ccc(Cl)cc1. The van der Waals surface area contributed by atoms with Crippen LogP contribution in [0.15, 0.2) is 54.6 Å². The molecule has 24 heavy (non-hydrogen) atoms. The van der Waals surface area contributed by atoms with Crippen molar-refractivity contribution in [3.8, 4) is 0 Å². The monoisotopic (exact) mass is 344 g/mol. The van der Waals surface area contributed by atoms with Crippen molar-refractivity contribution in [3.63, 3.8) is 0 Å². The van der Waals surface area contributed by atoms with E-state index in [0.29, 0.717) is 6.54 Å². The number of aryl methyl sites for hydroxylation is 1. The minimum Gasteiger partial charge on any atom is -0.353 e. The van der Waals surface area contributed by atoms with E-state index in [0.717, 1.165) is 23.4 Å². The standard InChI is InChI=1S/C20H25ClN2O/c1-15(8-9-17-6-4-3-5-7-17)23-20(24)14-22-16(2)18-10-12-19(21)13-11-18/h3-7,10-13,15-16,22H,8-9,14H2,1-2H3,(H,23,24)/t15-,16-/m1/s1. The Kier molecular flexibility index (Phi) is 7.29. The van der Waals surface area contributed by atoms with Crippen LogP contribution in [0.1, 0.15) is 37.4 Å². The number of amides is 1. The average molecular weight is 345 g/mol. The van der Waals surface area contributed by atoms with Gasteiger partial charge in [-0.15, -0.1) is 0 Å². The molecule has 2 rings (SSSR count). The molecule has 0 heterocycles. The van der Waals surface area contributed by atoms with Crippen LogP contribution < -0.4 is 10.6 Å². The van der Waals surface area contributed by atoms with Crippen LogP contribution in [-0.4, -0.2) is 18.5 Å². The summed E-state index contributed by atoms with van der Waals surface area (Å²) in [5.41, 5.74) is 2.41. The topological polar surface area (TPSA) is 41.1 Å². The van der Waals surface area contributed by atoms with E-state index in [-0.39, 0.29) is 18.0 Å². The average Bonchev–Trinajstić information content (AvgIpc) is 2.59. The first-order valence-corrected chi connectivity index (χ1v) is 8.74. The molecule has 0 aliphatic carbocycles. The van der Waals surface area contributed by atoms with Gasteiger partial charge in [0, 0.05) is 17.1 Å². The van der Waals surface area contributed by atoms with Crippen LogP contribution in [0.3, 0.4) is 0 Å². The van der Waals surface area contributed by atoms with Crippen LogP contribution in [-0.2, 0) is 11.2 Å². The summed E-state index contributed by atoms with van der Waals surface area (Å²) in [5, 5.41) is 7.00. The third-order valence-electron chi connectivity index (χ3n) is 4.06. The molecule has 128 valence electrons. The second-order valence-electron chi connectivity index (χ2n) is 6.15. The Bertz CT molecular complexity index is 628. The zero-order chi connectivity index (χ0) is 17.4. The maximum atomic E-state index is 12.1. The van der Waals surface area contributed by atoms with E-state index >= 15 is 0 Å². The third kappa shape index (κ3) is 6.34. The first-order chi connectivity index (χ1) is 11.5. The van der Waals surface area contributed by atoms with E-state index in [1.165, 1.54) is 5.56 Å². The summed E-state index contributed by atoms with van der Waals surface area (Å²) >= 11 is 5.89. The van der Waals surface area contributed by atoms with Gasteiger partial charge in [-0.3, -0.25) is 4.79 Å². The summed E-state index contributed by atoms with van der Waals surface area (Å²) in [7, 11) is 0. The van der Waals surface area contributed by atoms with Gasteiger partial charge >= 0.3 is 0 Å². The number of carbonyl (C=O) groups excluding carboxylic acids is 1. The zero-order valence-electron chi connectivity index (χ0n) is 14.3. The fourth-order valence-electron chi connectivity index (χ4n) is 2.54. The molecule has 4 heteroatoms. The van der Waals surface area contributed by atoms with Crippen LogP contribution in [0.4, 0.5) is 0 Å². The van der Waals surface area contributed by atoms with Crippen LogP contribution in [0, 0.1) is 0 Å². The summed E-state index contributed by atoms with van der Waals surface area (Å²) in [5.74, 6) is 0.0244. The number of benzene rings is 2. The maximum absolute atomic E-state index is 12.1. The molecule has 0 saturated carbocycles. The predicted octanol–water partition coefficient (Wildman–Crippen LogP) is 4.13. The molecule has 0 aliphatic rings. The van der Waals surface area contributed by atoms with Crippen molar-refractivity contribution in [1.82, 2.24) is 10.6 Å². The van der Waals surface area contributed by atoms with Crippen LogP contribution in [0.5, 0.6) is 0 Å². The lowest BCUT2D eigenvalue weighted by Gasteiger charge is -2.17. The molecule has 0 saturated heterocycles. The molecule has 2 aromatic carbocycles. The Morgan fingerprint density at radius 1 is 1.04 bits per heavy atom. The van der Waals surface area contributed by atoms with Crippen molar-refractivity contribution >= 4 is 17.5 Å². The Morgan fingerprint density at radius 2 is 1.71 bits per heavy atom. The molecule has 0 aliphatic heterocycles. The fraction of sp³-hybridized carbons (Fsp3) is 0.350. The van der Waals surface area contributed by atoms with Crippen molar-refractivity contribution in [1.29, 1.82) is 0 Å². The molecule has 2 aromatic rings. The molecular formula is C20H25ClN2O. The Hall–Kier alpha value is -1.84. The Morgan fingerprint density at radius 3 is 2.38 bits per heavy atom. The van der Waals surface area contributed by atoms with Gasteiger partial charge in [0.05, 0.1) is 6.54 Å². The van der Waals surface area contributed by atoms with Crippen LogP contribution >= 0.6 is 11.6 Å².